The van der Waals surface area contributed by atoms with Crippen molar-refractivity contribution in [3.8, 4) is 5.75 Å². The molecule has 0 saturated carbocycles. The van der Waals surface area contributed by atoms with Crippen LogP contribution in [0.2, 0.25) is 5.15 Å². The molecular formula is C8H9ClN2O. The van der Waals surface area contributed by atoms with Crippen molar-refractivity contribution in [2.24, 2.45) is 5.73 Å². The van der Waals surface area contributed by atoms with Gasteiger partial charge in [-0.1, -0.05) is 11.6 Å². The van der Waals surface area contributed by atoms with E-state index >= 15 is 0 Å². The van der Waals surface area contributed by atoms with Crippen molar-refractivity contribution in [1.29, 1.82) is 0 Å². The zero-order valence-electron chi connectivity index (χ0n) is 6.46. The predicted molar refractivity (Wildman–Crippen MR) is 46.4 cm³/mol. The van der Waals surface area contributed by atoms with Gasteiger partial charge in [-0.05, 0) is 6.42 Å². The third-order valence-corrected chi connectivity index (χ3v) is 2.05. The molecule has 0 spiro atoms. The maximum atomic E-state index is 5.70. The maximum absolute atomic E-state index is 5.70. The number of halogens is 1. The molecule has 12 heavy (non-hydrogen) atoms. The van der Waals surface area contributed by atoms with Gasteiger partial charge in [0.1, 0.15) is 17.5 Å². The molecule has 0 bridgehead atoms. The topological polar surface area (TPSA) is 48.1 Å². The van der Waals surface area contributed by atoms with E-state index in [1.165, 1.54) is 0 Å². The molecule has 1 aromatic heterocycles. The lowest BCUT2D eigenvalue weighted by Crippen LogP contribution is -2.33. The molecule has 4 heteroatoms. The van der Waals surface area contributed by atoms with E-state index in [4.69, 9.17) is 22.1 Å². The monoisotopic (exact) mass is 184 g/mol. The van der Waals surface area contributed by atoms with Crippen LogP contribution in [0.1, 0.15) is 5.56 Å². The van der Waals surface area contributed by atoms with Crippen LogP contribution >= 0.6 is 11.6 Å². The highest BCUT2D eigenvalue weighted by Crippen LogP contribution is 2.25. The minimum Gasteiger partial charge on any atom is -0.492 e. The predicted octanol–water partition coefficient (Wildman–Crippen LogP) is 0.997. The van der Waals surface area contributed by atoms with Gasteiger partial charge >= 0.3 is 0 Å². The molecule has 1 aliphatic heterocycles. The molecule has 0 radical (unpaired) electrons. The van der Waals surface area contributed by atoms with Crippen molar-refractivity contribution < 1.29 is 4.74 Å². The normalized spacial score (nSPS) is 21.3. The number of aromatic nitrogens is 1. The van der Waals surface area contributed by atoms with Gasteiger partial charge in [0.05, 0.1) is 0 Å². The summed E-state index contributed by atoms with van der Waals surface area (Å²) < 4.78 is 5.37. The van der Waals surface area contributed by atoms with Crippen LogP contribution in [0.5, 0.6) is 5.75 Å². The minimum atomic E-state index is 0.0838. The van der Waals surface area contributed by atoms with Crippen LogP contribution in [-0.2, 0) is 6.42 Å². The maximum Gasteiger partial charge on any atom is 0.132 e. The fraction of sp³-hybridized carbons (Fsp3) is 0.375. The highest BCUT2D eigenvalue weighted by Gasteiger charge is 2.16. The second-order valence-corrected chi connectivity index (χ2v) is 3.28. The Morgan fingerprint density at radius 3 is 3.33 bits per heavy atom. The second kappa shape index (κ2) is 2.92. The van der Waals surface area contributed by atoms with Crippen LogP contribution in [0.25, 0.3) is 0 Å². The molecule has 0 amide bonds. The molecule has 0 saturated heterocycles. The molecule has 2 heterocycles. The Bertz CT molecular complexity index is 303. The van der Waals surface area contributed by atoms with Crippen LogP contribution < -0.4 is 10.5 Å². The van der Waals surface area contributed by atoms with Gasteiger partial charge in [-0.2, -0.15) is 0 Å². The van der Waals surface area contributed by atoms with Crippen LogP contribution in [0.15, 0.2) is 12.3 Å². The summed E-state index contributed by atoms with van der Waals surface area (Å²) >= 11 is 5.69. The molecule has 2 N–H and O–H groups in total. The average Bonchev–Trinajstić information content (AvgIpc) is 2.05. The van der Waals surface area contributed by atoms with E-state index in [0.29, 0.717) is 11.8 Å². The number of hydrogen-bond acceptors (Lipinski definition) is 3. The average molecular weight is 185 g/mol. The summed E-state index contributed by atoms with van der Waals surface area (Å²) in [5.41, 5.74) is 6.74. The van der Waals surface area contributed by atoms with Crippen molar-refractivity contribution in [3.05, 3.63) is 23.0 Å². The minimum absolute atomic E-state index is 0.0838. The fourth-order valence-corrected chi connectivity index (χ4v) is 1.42. The molecule has 0 unspecified atom stereocenters. The Kier molecular flexibility index (Phi) is 1.90. The standard InChI is InChI=1S/C8H9ClN2O/c9-8-2-7-5(3-11-8)1-6(10)4-12-7/h2-3,6H,1,4,10H2/t6-/m1/s1. The molecule has 0 aliphatic carbocycles. The van der Waals surface area contributed by atoms with E-state index in [1.54, 1.807) is 12.3 Å². The fourth-order valence-electron chi connectivity index (χ4n) is 1.27. The molecule has 64 valence electrons. The highest BCUT2D eigenvalue weighted by molar-refractivity contribution is 6.29. The summed E-state index contributed by atoms with van der Waals surface area (Å²) in [5.74, 6) is 0.816. The number of hydrogen-bond donors (Lipinski definition) is 1. The highest BCUT2D eigenvalue weighted by atomic mass is 35.5. The SMILES string of the molecule is N[C@H]1COc2cc(Cl)ncc2C1. The summed E-state index contributed by atoms with van der Waals surface area (Å²) in [4.78, 5) is 3.96. The Labute approximate surface area is 75.5 Å². The first kappa shape index (κ1) is 7.83. The molecule has 1 aliphatic rings. The van der Waals surface area contributed by atoms with Gasteiger partial charge in [0.15, 0.2) is 0 Å². The van der Waals surface area contributed by atoms with E-state index in [0.717, 1.165) is 17.7 Å². The lowest BCUT2D eigenvalue weighted by molar-refractivity contribution is 0.263. The molecule has 1 atom stereocenters. The van der Waals surface area contributed by atoms with E-state index in [9.17, 15) is 0 Å². The van der Waals surface area contributed by atoms with Gasteiger partial charge in [0.2, 0.25) is 0 Å². The van der Waals surface area contributed by atoms with E-state index in [1.807, 2.05) is 0 Å². The first-order valence-corrected chi connectivity index (χ1v) is 4.16. The number of rotatable bonds is 0. The lowest BCUT2D eigenvalue weighted by Gasteiger charge is -2.21. The van der Waals surface area contributed by atoms with E-state index < -0.39 is 0 Å². The first-order valence-electron chi connectivity index (χ1n) is 3.78. The number of fused-ring (bicyclic) bond motifs is 1. The molecular weight excluding hydrogens is 176 g/mol. The number of ether oxygens (including phenoxy) is 1. The third kappa shape index (κ3) is 1.38. The van der Waals surface area contributed by atoms with Gasteiger partial charge < -0.3 is 10.5 Å². The largest absolute Gasteiger partial charge is 0.492 e. The van der Waals surface area contributed by atoms with Crippen molar-refractivity contribution in [1.82, 2.24) is 4.98 Å². The summed E-state index contributed by atoms with van der Waals surface area (Å²) in [6.45, 7) is 0.563. The smallest absolute Gasteiger partial charge is 0.132 e. The van der Waals surface area contributed by atoms with Crippen LogP contribution in [0.4, 0.5) is 0 Å². The Hall–Kier alpha value is -0.800. The van der Waals surface area contributed by atoms with Gasteiger partial charge in [0.25, 0.3) is 0 Å². The summed E-state index contributed by atoms with van der Waals surface area (Å²) in [6, 6.07) is 1.81. The first-order chi connectivity index (χ1) is 5.75. The Morgan fingerprint density at radius 2 is 2.50 bits per heavy atom. The van der Waals surface area contributed by atoms with Gasteiger partial charge in [0, 0.05) is 23.9 Å². The Morgan fingerprint density at radius 1 is 1.67 bits per heavy atom. The zero-order chi connectivity index (χ0) is 8.55. The molecule has 0 fully saturated rings. The Balaban J connectivity index is 2.37. The molecule has 3 nitrogen and oxygen atoms in total. The number of nitrogens with zero attached hydrogens (tertiary/aromatic N) is 1. The van der Waals surface area contributed by atoms with E-state index in [2.05, 4.69) is 4.98 Å². The number of nitrogens with two attached hydrogens (primary N) is 1. The lowest BCUT2D eigenvalue weighted by atomic mass is 10.1. The van der Waals surface area contributed by atoms with Crippen molar-refractivity contribution in [3.63, 3.8) is 0 Å². The second-order valence-electron chi connectivity index (χ2n) is 2.89. The van der Waals surface area contributed by atoms with Crippen LogP contribution in [0.3, 0.4) is 0 Å². The summed E-state index contributed by atoms with van der Waals surface area (Å²) in [7, 11) is 0. The van der Waals surface area contributed by atoms with Crippen molar-refractivity contribution in [2.75, 3.05) is 6.61 Å². The van der Waals surface area contributed by atoms with Gasteiger partial charge in [-0.25, -0.2) is 4.98 Å². The van der Waals surface area contributed by atoms with Crippen molar-refractivity contribution >= 4 is 11.6 Å². The third-order valence-electron chi connectivity index (χ3n) is 1.85. The molecule has 2 rings (SSSR count). The van der Waals surface area contributed by atoms with E-state index in [-0.39, 0.29) is 6.04 Å². The molecule has 1 aromatic rings. The summed E-state index contributed by atoms with van der Waals surface area (Å²) in [5, 5.41) is 0.462. The van der Waals surface area contributed by atoms with Gasteiger partial charge in [-0.3, -0.25) is 0 Å². The van der Waals surface area contributed by atoms with Gasteiger partial charge in [-0.15, -0.1) is 0 Å². The number of pyridine rings is 1. The molecule has 0 aromatic carbocycles. The zero-order valence-corrected chi connectivity index (χ0v) is 7.21. The van der Waals surface area contributed by atoms with Crippen LogP contribution in [-0.4, -0.2) is 17.6 Å². The van der Waals surface area contributed by atoms with Crippen molar-refractivity contribution in [2.45, 2.75) is 12.5 Å². The quantitative estimate of drug-likeness (QED) is 0.612. The summed E-state index contributed by atoms with van der Waals surface area (Å²) in [6.07, 6.45) is 2.54. The van der Waals surface area contributed by atoms with Crippen LogP contribution in [0, 0.1) is 0 Å².